The molecule has 1 heterocycles. The van der Waals surface area contributed by atoms with Crippen molar-refractivity contribution in [2.75, 3.05) is 0 Å². The van der Waals surface area contributed by atoms with Crippen LogP contribution in [0.15, 0.2) is 28.9 Å². The van der Waals surface area contributed by atoms with Crippen LogP contribution in [-0.2, 0) is 0 Å². The number of rotatable bonds is 2. The van der Waals surface area contributed by atoms with E-state index >= 15 is 0 Å². The van der Waals surface area contributed by atoms with Gasteiger partial charge in [-0.2, -0.15) is 8.78 Å². The maximum Gasteiger partial charge on any atom is 0.387 e. The smallest absolute Gasteiger partial charge is 0.387 e. The SMILES string of the molecule is Cc1ccc(OC(F)F)c2occc12. The Morgan fingerprint density at radius 2 is 2.07 bits per heavy atom. The van der Waals surface area contributed by atoms with Crippen LogP contribution in [0, 0.1) is 6.92 Å². The summed E-state index contributed by atoms with van der Waals surface area (Å²) in [5.74, 6) is 0.0746. The van der Waals surface area contributed by atoms with Crippen LogP contribution in [0.3, 0.4) is 0 Å². The maximum absolute atomic E-state index is 12.0. The van der Waals surface area contributed by atoms with Crippen molar-refractivity contribution >= 4 is 11.0 Å². The minimum Gasteiger partial charge on any atom is -0.460 e. The second-order valence-corrected chi connectivity index (χ2v) is 2.92. The quantitative estimate of drug-likeness (QED) is 0.738. The van der Waals surface area contributed by atoms with Gasteiger partial charge in [0.15, 0.2) is 11.3 Å². The summed E-state index contributed by atoms with van der Waals surface area (Å²) in [7, 11) is 0. The molecule has 0 radical (unpaired) electrons. The van der Waals surface area contributed by atoms with Gasteiger partial charge in [-0.25, -0.2) is 0 Å². The minimum atomic E-state index is -2.83. The van der Waals surface area contributed by atoms with Crippen molar-refractivity contribution in [3.8, 4) is 5.75 Å². The molecule has 0 unspecified atom stereocenters. The molecule has 0 N–H and O–H groups in total. The topological polar surface area (TPSA) is 22.4 Å². The van der Waals surface area contributed by atoms with E-state index in [1.807, 2.05) is 6.92 Å². The molecule has 14 heavy (non-hydrogen) atoms. The van der Waals surface area contributed by atoms with Gasteiger partial charge in [0.25, 0.3) is 0 Å². The summed E-state index contributed by atoms with van der Waals surface area (Å²) >= 11 is 0. The first kappa shape index (κ1) is 8.99. The molecule has 2 aromatic rings. The number of hydrogen-bond donors (Lipinski definition) is 0. The fourth-order valence-corrected chi connectivity index (χ4v) is 1.37. The second kappa shape index (κ2) is 3.29. The molecule has 0 saturated heterocycles. The Balaban J connectivity index is 2.55. The van der Waals surface area contributed by atoms with Gasteiger partial charge in [-0.15, -0.1) is 0 Å². The summed E-state index contributed by atoms with van der Waals surface area (Å²) in [4.78, 5) is 0. The van der Waals surface area contributed by atoms with Gasteiger partial charge in [-0.05, 0) is 24.6 Å². The summed E-state index contributed by atoms with van der Waals surface area (Å²) in [6.45, 7) is -0.949. The number of hydrogen-bond acceptors (Lipinski definition) is 2. The van der Waals surface area contributed by atoms with E-state index in [-0.39, 0.29) is 5.75 Å². The van der Waals surface area contributed by atoms with Crippen molar-refractivity contribution < 1.29 is 17.9 Å². The summed E-state index contributed by atoms with van der Waals surface area (Å²) in [5, 5.41) is 0.795. The Morgan fingerprint density at radius 1 is 1.29 bits per heavy atom. The van der Waals surface area contributed by atoms with Crippen LogP contribution in [0.2, 0.25) is 0 Å². The highest BCUT2D eigenvalue weighted by atomic mass is 19.3. The Bertz CT molecular complexity index is 448. The fourth-order valence-electron chi connectivity index (χ4n) is 1.37. The van der Waals surface area contributed by atoms with Crippen LogP contribution in [0.1, 0.15) is 5.56 Å². The van der Waals surface area contributed by atoms with E-state index in [4.69, 9.17) is 4.42 Å². The van der Waals surface area contributed by atoms with Crippen LogP contribution in [0.5, 0.6) is 5.75 Å². The lowest BCUT2D eigenvalue weighted by Gasteiger charge is -2.05. The number of ether oxygens (including phenoxy) is 1. The molecule has 4 heteroatoms. The third kappa shape index (κ3) is 1.43. The van der Waals surface area contributed by atoms with Crippen molar-refractivity contribution in [1.82, 2.24) is 0 Å². The Kier molecular flexibility index (Phi) is 2.11. The number of furan rings is 1. The van der Waals surface area contributed by atoms with E-state index in [9.17, 15) is 8.78 Å². The Labute approximate surface area is 79.1 Å². The molecule has 2 rings (SSSR count). The van der Waals surface area contributed by atoms with E-state index in [1.165, 1.54) is 12.3 Å². The maximum atomic E-state index is 12.0. The molecule has 0 aliphatic heterocycles. The van der Waals surface area contributed by atoms with Crippen LogP contribution >= 0.6 is 0 Å². The lowest BCUT2D eigenvalue weighted by Crippen LogP contribution is -2.01. The predicted molar refractivity (Wildman–Crippen MR) is 47.6 cm³/mol. The summed E-state index contributed by atoms with van der Waals surface area (Å²) in [6.07, 6.45) is 1.45. The molecule has 1 aromatic carbocycles. The lowest BCUT2D eigenvalue weighted by atomic mass is 10.1. The highest BCUT2D eigenvalue weighted by Crippen LogP contribution is 2.30. The van der Waals surface area contributed by atoms with E-state index in [0.29, 0.717) is 5.58 Å². The predicted octanol–water partition coefficient (Wildman–Crippen LogP) is 3.34. The minimum absolute atomic E-state index is 0.0746. The first-order valence-electron chi connectivity index (χ1n) is 4.10. The molecule has 0 bridgehead atoms. The molecule has 0 spiro atoms. The van der Waals surface area contributed by atoms with Gasteiger partial charge in [0.05, 0.1) is 6.26 Å². The van der Waals surface area contributed by atoms with Crippen LogP contribution in [0.25, 0.3) is 11.0 Å². The molecule has 0 aliphatic rings. The lowest BCUT2D eigenvalue weighted by molar-refractivity contribution is -0.0493. The van der Waals surface area contributed by atoms with Gasteiger partial charge in [-0.1, -0.05) is 6.07 Å². The van der Waals surface area contributed by atoms with Crippen molar-refractivity contribution in [2.45, 2.75) is 13.5 Å². The molecule has 0 saturated carbocycles. The number of benzene rings is 1. The third-order valence-corrected chi connectivity index (χ3v) is 2.01. The normalized spacial score (nSPS) is 11.1. The van der Waals surface area contributed by atoms with Crippen molar-refractivity contribution in [3.05, 3.63) is 30.0 Å². The molecule has 0 fully saturated rings. The highest BCUT2D eigenvalue weighted by molar-refractivity contribution is 5.86. The molecule has 2 nitrogen and oxygen atoms in total. The number of halogens is 2. The zero-order valence-electron chi connectivity index (χ0n) is 7.46. The first-order valence-corrected chi connectivity index (χ1v) is 4.10. The third-order valence-electron chi connectivity index (χ3n) is 2.01. The summed E-state index contributed by atoms with van der Waals surface area (Å²) in [5.41, 5.74) is 1.33. The van der Waals surface area contributed by atoms with Gasteiger partial charge in [-0.3, -0.25) is 0 Å². The summed E-state index contributed by atoms with van der Waals surface area (Å²) < 4.78 is 33.4. The average molecular weight is 198 g/mol. The zero-order valence-corrected chi connectivity index (χ0v) is 7.46. The van der Waals surface area contributed by atoms with Gasteiger partial charge in [0.2, 0.25) is 0 Å². The van der Waals surface area contributed by atoms with E-state index in [2.05, 4.69) is 4.74 Å². The Morgan fingerprint density at radius 3 is 2.79 bits per heavy atom. The van der Waals surface area contributed by atoms with E-state index < -0.39 is 6.61 Å². The molecule has 74 valence electrons. The Hall–Kier alpha value is -1.58. The van der Waals surface area contributed by atoms with Gasteiger partial charge >= 0.3 is 6.61 Å². The number of fused-ring (bicyclic) bond motifs is 1. The van der Waals surface area contributed by atoms with Crippen LogP contribution in [-0.4, -0.2) is 6.61 Å². The number of aryl methyl sites for hydroxylation is 1. The fraction of sp³-hybridized carbons (Fsp3) is 0.200. The van der Waals surface area contributed by atoms with E-state index in [1.54, 1.807) is 12.1 Å². The molecular formula is C10H8F2O2. The van der Waals surface area contributed by atoms with Gasteiger partial charge in [0.1, 0.15) is 0 Å². The molecule has 0 aliphatic carbocycles. The van der Waals surface area contributed by atoms with Crippen LogP contribution < -0.4 is 4.74 Å². The van der Waals surface area contributed by atoms with Gasteiger partial charge < -0.3 is 9.15 Å². The standard InChI is InChI=1S/C10H8F2O2/c1-6-2-3-8(14-10(11)12)9-7(6)4-5-13-9/h2-5,10H,1H3. The largest absolute Gasteiger partial charge is 0.460 e. The van der Waals surface area contributed by atoms with Gasteiger partial charge in [0, 0.05) is 5.39 Å². The zero-order chi connectivity index (χ0) is 10.1. The van der Waals surface area contributed by atoms with Crippen LogP contribution in [0.4, 0.5) is 8.78 Å². The first-order chi connectivity index (χ1) is 6.68. The monoisotopic (exact) mass is 198 g/mol. The molecule has 0 atom stereocenters. The molecular weight excluding hydrogens is 190 g/mol. The molecule has 0 amide bonds. The van der Waals surface area contributed by atoms with E-state index in [0.717, 1.165) is 10.9 Å². The summed E-state index contributed by atoms with van der Waals surface area (Å²) in [6, 6.07) is 4.92. The van der Waals surface area contributed by atoms with Crippen molar-refractivity contribution in [2.24, 2.45) is 0 Å². The second-order valence-electron chi connectivity index (χ2n) is 2.92. The molecule has 1 aromatic heterocycles. The van der Waals surface area contributed by atoms with Crippen molar-refractivity contribution in [1.29, 1.82) is 0 Å². The average Bonchev–Trinajstić information content (AvgIpc) is 2.58. The van der Waals surface area contributed by atoms with Crippen molar-refractivity contribution in [3.63, 3.8) is 0 Å². The highest BCUT2D eigenvalue weighted by Gasteiger charge is 2.11. The number of alkyl halides is 2.